The molecule has 1 aromatic carbocycles. The van der Waals surface area contributed by atoms with Crippen LogP contribution in [0.3, 0.4) is 0 Å². The van der Waals surface area contributed by atoms with Crippen molar-refractivity contribution >= 4 is 15.9 Å². The van der Waals surface area contributed by atoms with E-state index in [4.69, 9.17) is 14.2 Å². The van der Waals surface area contributed by atoms with E-state index >= 15 is 0 Å². The first kappa shape index (κ1) is 18.9. The molecule has 23 heavy (non-hydrogen) atoms. The standard InChI is InChI=1S/C19H29BrO3/c1-2-19(15-23-16-19)14-22-12-6-4-3-5-11-21-13-17-7-9-18(20)10-8-17/h7-10H,2-6,11-16H2,1H3. The largest absolute Gasteiger partial charge is 0.381 e. The third-order valence-electron chi connectivity index (χ3n) is 4.48. The highest BCUT2D eigenvalue weighted by molar-refractivity contribution is 9.10. The zero-order valence-electron chi connectivity index (χ0n) is 14.2. The normalized spacial score (nSPS) is 16.3. The summed E-state index contributed by atoms with van der Waals surface area (Å²) in [5, 5.41) is 0. The number of halogens is 1. The van der Waals surface area contributed by atoms with Crippen LogP contribution in [0.1, 0.15) is 44.6 Å². The molecular weight excluding hydrogens is 356 g/mol. The summed E-state index contributed by atoms with van der Waals surface area (Å²) in [4.78, 5) is 0. The van der Waals surface area contributed by atoms with E-state index in [1.165, 1.54) is 18.4 Å². The van der Waals surface area contributed by atoms with E-state index in [1.54, 1.807) is 0 Å². The first-order valence-corrected chi connectivity index (χ1v) is 9.51. The van der Waals surface area contributed by atoms with Crippen LogP contribution in [0.15, 0.2) is 28.7 Å². The Morgan fingerprint density at radius 1 is 1.00 bits per heavy atom. The Hall–Kier alpha value is -0.420. The fraction of sp³-hybridized carbons (Fsp3) is 0.684. The zero-order valence-corrected chi connectivity index (χ0v) is 15.8. The summed E-state index contributed by atoms with van der Waals surface area (Å²) in [6.45, 7) is 7.25. The van der Waals surface area contributed by atoms with Crippen LogP contribution < -0.4 is 0 Å². The maximum absolute atomic E-state index is 5.81. The predicted molar refractivity (Wildman–Crippen MR) is 96.6 cm³/mol. The summed E-state index contributed by atoms with van der Waals surface area (Å²) in [6, 6.07) is 8.30. The second-order valence-corrected chi connectivity index (χ2v) is 7.41. The molecule has 1 aromatic rings. The smallest absolute Gasteiger partial charge is 0.0716 e. The molecule has 1 aliphatic rings. The highest BCUT2D eigenvalue weighted by atomic mass is 79.9. The summed E-state index contributed by atoms with van der Waals surface area (Å²) in [5.41, 5.74) is 1.55. The highest BCUT2D eigenvalue weighted by Crippen LogP contribution is 2.31. The van der Waals surface area contributed by atoms with Crippen molar-refractivity contribution in [2.75, 3.05) is 33.0 Å². The van der Waals surface area contributed by atoms with Crippen molar-refractivity contribution in [1.82, 2.24) is 0 Å². The van der Waals surface area contributed by atoms with Crippen LogP contribution >= 0.6 is 15.9 Å². The third-order valence-corrected chi connectivity index (χ3v) is 5.01. The van der Waals surface area contributed by atoms with Gasteiger partial charge in [-0.05, 0) is 37.0 Å². The van der Waals surface area contributed by atoms with Gasteiger partial charge < -0.3 is 14.2 Å². The molecule has 0 aromatic heterocycles. The van der Waals surface area contributed by atoms with Gasteiger partial charge in [0.2, 0.25) is 0 Å². The molecule has 4 heteroatoms. The first-order chi connectivity index (χ1) is 11.2. The molecule has 0 bridgehead atoms. The SMILES string of the molecule is CCC1(COCCCCCCOCc2ccc(Br)cc2)COC1. The van der Waals surface area contributed by atoms with E-state index in [0.29, 0.717) is 12.0 Å². The molecule has 0 radical (unpaired) electrons. The number of benzene rings is 1. The summed E-state index contributed by atoms with van der Waals surface area (Å²) in [7, 11) is 0. The molecule has 130 valence electrons. The lowest BCUT2D eigenvalue weighted by atomic mass is 9.84. The molecule has 2 rings (SSSR count). The minimum Gasteiger partial charge on any atom is -0.381 e. The summed E-state index contributed by atoms with van der Waals surface area (Å²) in [5.74, 6) is 0. The van der Waals surface area contributed by atoms with Gasteiger partial charge in [0.15, 0.2) is 0 Å². The Labute approximate surface area is 148 Å². The van der Waals surface area contributed by atoms with Gasteiger partial charge in [-0.2, -0.15) is 0 Å². The number of ether oxygens (including phenoxy) is 3. The van der Waals surface area contributed by atoms with Crippen molar-refractivity contribution in [2.24, 2.45) is 5.41 Å². The molecule has 1 heterocycles. The Bertz CT molecular complexity index is 423. The lowest BCUT2D eigenvalue weighted by Crippen LogP contribution is -2.45. The van der Waals surface area contributed by atoms with E-state index < -0.39 is 0 Å². The highest BCUT2D eigenvalue weighted by Gasteiger charge is 2.36. The molecule has 0 N–H and O–H groups in total. The number of hydrogen-bond acceptors (Lipinski definition) is 3. The topological polar surface area (TPSA) is 27.7 Å². The number of hydrogen-bond donors (Lipinski definition) is 0. The quantitative estimate of drug-likeness (QED) is 0.476. The fourth-order valence-electron chi connectivity index (χ4n) is 2.60. The molecule has 1 aliphatic heterocycles. The molecule has 0 saturated carbocycles. The van der Waals surface area contributed by atoms with Gasteiger partial charge in [0, 0.05) is 23.1 Å². The lowest BCUT2D eigenvalue weighted by Gasteiger charge is -2.40. The van der Waals surface area contributed by atoms with Crippen LogP contribution in [0.2, 0.25) is 0 Å². The van der Waals surface area contributed by atoms with Gasteiger partial charge in [-0.1, -0.05) is 47.8 Å². The molecule has 1 fully saturated rings. The van der Waals surface area contributed by atoms with Gasteiger partial charge >= 0.3 is 0 Å². The molecule has 0 spiro atoms. The summed E-state index contributed by atoms with van der Waals surface area (Å²) in [6.07, 6.45) is 5.86. The maximum atomic E-state index is 5.81. The average molecular weight is 385 g/mol. The van der Waals surface area contributed by atoms with E-state index in [0.717, 1.165) is 56.8 Å². The van der Waals surface area contributed by atoms with Gasteiger partial charge in [0.05, 0.1) is 26.4 Å². The second-order valence-electron chi connectivity index (χ2n) is 6.49. The Balaban J connectivity index is 1.37. The Morgan fingerprint density at radius 2 is 1.65 bits per heavy atom. The monoisotopic (exact) mass is 384 g/mol. The van der Waals surface area contributed by atoms with E-state index in [1.807, 2.05) is 0 Å². The van der Waals surface area contributed by atoms with Crippen molar-refractivity contribution in [3.63, 3.8) is 0 Å². The first-order valence-electron chi connectivity index (χ1n) is 8.72. The maximum Gasteiger partial charge on any atom is 0.0716 e. The molecule has 0 amide bonds. The van der Waals surface area contributed by atoms with Crippen molar-refractivity contribution < 1.29 is 14.2 Å². The van der Waals surface area contributed by atoms with Crippen molar-refractivity contribution in [1.29, 1.82) is 0 Å². The van der Waals surface area contributed by atoms with E-state index in [9.17, 15) is 0 Å². The second kappa shape index (κ2) is 10.4. The molecule has 0 unspecified atom stereocenters. The van der Waals surface area contributed by atoms with Crippen molar-refractivity contribution in [3.05, 3.63) is 34.3 Å². The summed E-state index contributed by atoms with van der Waals surface area (Å²) >= 11 is 3.44. The van der Waals surface area contributed by atoms with Crippen LogP contribution in [0.25, 0.3) is 0 Å². The average Bonchev–Trinajstić information content (AvgIpc) is 2.53. The molecule has 0 atom stereocenters. The van der Waals surface area contributed by atoms with Crippen LogP contribution in [-0.2, 0) is 20.8 Å². The lowest BCUT2D eigenvalue weighted by molar-refractivity contribution is -0.150. The molecule has 1 saturated heterocycles. The third kappa shape index (κ3) is 6.92. The molecule has 0 aliphatic carbocycles. The van der Waals surface area contributed by atoms with Gasteiger partial charge in [0.1, 0.15) is 0 Å². The zero-order chi connectivity index (χ0) is 16.4. The minimum absolute atomic E-state index is 0.320. The van der Waals surface area contributed by atoms with Crippen LogP contribution in [-0.4, -0.2) is 33.0 Å². The number of unbranched alkanes of at least 4 members (excludes halogenated alkanes) is 3. The van der Waals surface area contributed by atoms with Crippen molar-refractivity contribution in [2.45, 2.75) is 45.6 Å². The van der Waals surface area contributed by atoms with Gasteiger partial charge in [-0.25, -0.2) is 0 Å². The van der Waals surface area contributed by atoms with Gasteiger partial charge in [-0.15, -0.1) is 0 Å². The van der Waals surface area contributed by atoms with E-state index in [-0.39, 0.29) is 0 Å². The summed E-state index contributed by atoms with van der Waals surface area (Å²) < 4.78 is 17.9. The minimum atomic E-state index is 0.320. The Kier molecular flexibility index (Phi) is 8.59. The fourth-order valence-corrected chi connectivity index (χ4v) is 2.87. The van der Waals surface area contributed by atoms with Crippen LogP contribution in [0.5, 0.6) is 0 Å². The van der Waals surface area contributed by atoms with Crippen LogP contribution in [0, 0.1) is 5.41 Å². The number of rotatable bonds is 12. The van der Waals surface area contributed by atoms with Crippen LogP contribution in [0.4, 0.5) is 0 Å². The van der Waals surface area contributed by atoms with Crippen molar-refractivity contribution in [3.8, 4) is 0 Å². The van der Waals surface area contributed by atoms with Gasteiger partial charge in [0.25, 0.3) is 0 Å². The predicted octanol–water partition coefficient (Wildman–Crippen LogP) is 4.97. The molecular formula is C19H29BrO3. The van der Waals surface area contributed by atoms with E-state index in [2.05, 4.69) is 47.1 Å². The Morgan fingerprint density at radius 3 is 2.22 bits per heavy atom. The van der Waals surface area contributed by atoms with Gasteiger partial charge in [-0.3, -0.25) is 0 Å². The molecule has 3 nitrogen and oxygen atoms in total.